The number of hydrogen-bond acceptors (Lipinski definition) is 5. The van der Waals surface area contributed by atoms with Crippen molar-refractivity contribution in [1.82, 2.24) is 14.7 Å². The number of rotatable bonds is 7. The van der Waals surface area contributed by atoms with Gasteiger partial charge in [-0.3, -0.25) is 19.1 Å². The van der Waals surface area contributed by atoms with E-state index in [-0.39, 0.29) is 53.4 Å². The van der Waals surface area contributed by atoms with Crippen LogP contribution >= 0.6 is 0 Å². The van der Waals surface area contributed by atoms with Crippen LogP contribution < -0.4 is 5.73 Å². The third-order valence-electron chi connectivity index (χ3n) is 7.98. The average molecular weight is 467 g/mol. The number of hydrogen-bond donors (Lipinski definition) is 1. The largest absolute Gasteiger partial charge is 0.381 e. The van der Waals surface area contributed by atoms with E-state index < -0.39 is 5.91 Å². The summed E-state index contributed by atoms with van der Waals surface area (Å²) in [6.45, 7) is 4.47. The van der Waals surface area contributed by atoms with Gasteiger partial charge in [-0.05, 0) is 55.4 Å². The maximum absolute atomic E-state index is 13.5. The van der Waals surface area contributed by atoms with Crippen molar-refractivity contribution >= 4 is 28.5 Å². The van der Waals surface area contributed by atoms with Crippen LogP contribution in [0.15, 0.2) is 24.3 Å². The van der Waals surface area contributed by atoms with Gasteiger partial charge in [0.25, 0.3) is 5.91 Å². The zero-order chi connectivity index (χ0) is 24.2. The van der Waals surface area contributed by atoms with E-state index >= 15 is 0 Å². The summed E-state index contributed by atoms with van der Waals surface area (Å²) in [5.74, 6) is 0.127. The monoisotopic (exact) mass is 466 g/mol. The summed E-state index contributed by atoms with van der Waals surface area (Å²) >= 11 is 0. The molecule has 0 unspecified atom stereocenters. The number of piperidine rings is 1. The molecule has 5 atom stereocenters. The number of amides is 2. The lowest BCUT2D eigenvalue weighted by Crippen LogP contribution is -2.45. The van der Waals surface area contributed by atoms with Crippen LogP contribution in [0.3, 0.4) is 0 Å². The van der Waals surface area contributed by atoms with Gasteiger partial charge in [0, 0.05) is 25.0 Å². The van der Waals surface area contributed by atoms with Crippen molar-refractivity contribution in [3.63, 3.8) is 0 Å². The van der Waals surface area contributed by atoms with Crippen LogP contribution in [0.2, 0.25) is 0 Å². The topological polar surface area (TPSA) is 108 Å². The molecule has 1 aromatic heterocycles. The zero-order valence-corrected chi connectivity index (χ0v) is 20.2. The number of likely N-dealkylation sites (tertiary alicyclic amines) is 1. The molecule has 5 rings (SSSR count). The van der Waals surface area contributed by atoms with Crippen molar-refractivity contribution in [2.24, 2.45) is 23.0 Å². The summed E-state index contributed by atoms with van der Waals surface area (Å²) in [6, 6.07) is 7.04. The second-order valence-electron chi connectivity index (χ2n) is 11.2. The van der Waals surface area contributed by atoms with Gasteiger partial charge < -0.3 is 15.4 Å². The van der Waals surface area contributed by atoms with Gasteiger partial charge in [-0.25, -0.2) is 0 Å². The molecule has 0 bridgehead atoms. The summed E-state index contributed by atoms with van der Waals surface area (Å²) in [7, 11) is 1.75. The number of ketones is 1. The number of primary amides is 1. The minimum Gasteiger partial charge on any atom is -0.381 e. The first-order valence-corrected chi connectivity index (χ1v) is 12.3. The van der Waals surface area contributed by atoms with Crippen LogP contribution in [0, 0.1) is 17.3 Å². The van der Waals surface area contributed by atoms with Crippen molar-refractivity contribution in [3.8, 4) is 0 Å². The summed E-state index contributed by atoms with van der Waals surface area (Å²) < 4.78 is 7.19. The van der Waals surface area contributed by atoms with Gasteiger partial charge in [0.1, 0.15) is 6.54 Å². The zero-order valence-electron chi connectivity index (χ0n) is 20.2. The Hall–Kier alpha value is -2.74. The highest BCUT2D eigenvalue weighted by Crippen LogP contribution is 2.49. The van der Waals surface area contributed by atoms with Crippen molar-refractivity contribution < 1.29 is 19.1 Å². The molecule has 34 heavy (non-hydrogen) atoms. The van der Waals surface area contributed by atoms with Crippen molar-refractivity contribution in [3.05, 3.63) is 30.0 Å². The normalized spacial score (nSPS) is 29.7. The number of Topliss-reactive ketones (excluding diaryl/α,β-unsaturated/α-hetero) is 1. The molecule has 2 saturated carbocycles. The number of para-hydroxylation sites is 1. The number of nitrogens with two attached hydrogens (primary N) is 1. The number of ether oxygens (including phenoxy) is 1. The Kier molecular flexibility index (Phi) is 5.74. The lowest BCUT2D eigenvalue weighted by molar-refractivity contribution is -0.140. The molecule has 2 heterocycles. The minimum atomic E-state index is -0.622. The Balaban J connectivity index is 1.32. The highest BCUT2D eigenvalue weighted by molar-refractivity contribution is 6.04. The van der Waals surface area contributed by atoms with E-state index in [1.54, 1.807) is 17.9 Å². The molecule has 2 aliphatic carbocycles. The summed E-state index contributed by atoms with van der Waals surface area (Å²) in [5.41, 5.74) is 6.50. The fraction of sp³-hybridized carbons (Fsp3) is 0.615. The van der Waals surface area contributed by atoms with E-state index in [0.717, 1.165) is 32.1 Å². The molecule has 0 spiro atoms. The molecule has 1 saturated heterocycles. The maximum Gasteiger partial charge on any atom is 0.269 e. The van der Waals surface area contributed by atoms with Gasteiger partial charge in [-0.15, -0.1) is 0 Å². The van der Waals surface area contributed by atoms with Gasteiger partial charge in [0.15, 0.2) is 11.5 Å². The number of benzene rings is 1. The third kappa shape index (κ3) is 4.24. The van der Waals surface area contributed by atoms with Crippen LogP contribution in [-0.4, -0.2) is 57.6 Å². The Bertz CT molecular complexity index is 1140. The second-order valence-corrected chi connectivity index (χ2v) is 11.2. The predicted octanol–water partition coefficient (Wildman–Crippen LogP) is 2.93. The summed E-state index contributed by atoms with van der Waals surface area (Å²) in [5, 5.41) is 4.96. The number of nitrogens with zero attached hydrogens (tertiary/aromatic N) is 3. The Morgan fingerprint density at radius 2 is 1.91 bits per heavy atom. The quantitative estimate of drug-likeness (QED) is 0.675. The lowest BCUT2D eigenvalue weighted by Gasteiger charge is -2.40. The first kappa shape index (κ1) is 23.0. The predicted molar refractivity (Wildman–Crippen MR) is 127 cm³/mol. The van der Waals surface area contributed by atoms with E-state index in [1.807, 2.05) is 23.1 Å². The molecule has 2 aromatic rings. The fourth-order valence-corrected chi connectivity index (χ4v) is 6.52. The van der Waals surface area contributed by atoms with Crippen LogP contribution in [0.25, 0.3) is 10.9 Å². The van der Waals surface area contributed by atoms with Gasteiger partial charge in [-0.1, -0.05) is 32.0 Å². The van der Waals surface area contributed by atoms with Crippen LogP contribution in [0.4, 0.5) is 0 Å². The summed E-state index contributed by atoms with van der Waals surface area (Å²) in [6.07, 6.45) is 5.31. The highest BCUT2D eigenvalue weighted by atomic mass is 16.5. The van der Waals surface area contributed by atoms with Crippen LogP contribution in [0.1, 0.15) is 62.9 Å². The molecule has 3 aliphatic rings. The average Bonchev–Trinajstić information content (AvgIpc) is 3.28. The Morgan fingerprint density at radius 3 is 2.65 bits per heavy atom. The standard InChI is InChI=1S/C26H34N4O4/c1-26(2)12-15(8-17(13-26)34-3)9-22(31)21-11-16-10-20(16)30(21)23(32)14-29-19-7-5-4-6-18(19)24(28-29)25(27)33/h4-7,15-17,20-21H,8-14H2,1-3H3,(H2,27,33)/t15-,16-,17+,20-,21+/m1/s1. The van der Waals surface area contributed by atoms with Crippen molar-refractivity contribution in [1.29, 1.82) is 0 Å². The number of aromatic nitrogens is 2. The van der Waals surface area contributed by atoms with Crippen molar-refractivity contribution in [2.75, 3.05) is 7.11 Å². The van der Waals surface area contributed by atoms with E-state index in [2.05, 4.69) is 18.9 Å². The molecule has 8 nitrogen and oxygen atoms in total. The van der Waals surface area contributed by atoms with Crippen LogP contribution in [0.5, 0.6) is 0 Å². The van der Waals surface area contributed by atoms with E-state index in [1.165, 1.54) is 0 Å². The van der Waals surface area contributed by atoms with E-state index in [0.29, 0.717) is 23.2 Å². The van der Waals surface area contributed by atoms with Gasteiger partial charge in [0.05, 0.1) is 17.7 Å². The molecule has 3 fully saturated rings. The number of fused-ring (bicyclic) bond motifs is 2. The third-order valence-corrected chi connectivity index (χ3v) is 7.98. The number of carbonyl (C=O) groups excluding carboxylic acids is 3. The van der Waals surface area contributed by atoms with Gasteiger partial charge in [-0.2, -0.15) is 5.10 Å². The smallest absolute Gasteiger partial charge is 0.269 e. The molecule has 8 heteroatoms. The molecule has 182 valence electrons. The van der Waals surface area contributed by atoms with Crippen molar-refractivity contribution in [2.45, 2.75) is 77.1 Å². The van der Waals surface area contributed by atoms with E-state index in [9.17, 15) is 14.4 Å². The Morgan fingerprint density at radius 1 is 1.15 bits per heavy atom. The Labute approximate surface area is 199 Å². The summed E-state index contributed by atoms with van der Waals surface area (Å²) in [4.78, 5) is 40.6. The highest BCUT2D eigenvalue weighted by Gasteiger charge is 2.56. The number of carbonyl (C=O) groups is 3. The lowest BCUT2D eigenvalue weighted by atomic mass is 9.69. The minimum absolute atomic E-state index is 0.0109. The molecule has 1 aliphatic heterocycles. The SMILES string of the molecule is CO[C@H]1C[C@H](CC(=O)[C@@H]2C[C@H]3C[C@H]3N2C(=O)Cn2nc(C(N)=O)c3ccccc32)CC(C)(C)C1. The van der Waals surface area contributed by atoms with Gasteiger partial charge >= 0.3 is 0 Å². The second kappa shape index (κ2) is 8.48. The molecular formula is C26H34N4O4. The molecule has 2 N–H and O–H groups in total. The molecule has 0 radical (unpaired) electrons. The van der Waals surface area contributed by atoms with E-state index in [4.69, 9.17) is 10.5 Å². The fourth-order valence-electron chi connectivity index (χ4n) is 6.52. The van der Waals surface area contributed by atoms with Gasteiger partial charge in [0.2, 0.25) is 5.91 Å². The first-order valence-electron chi connectivity index (χ1n) is 12.3. The molecule has 2 amide bonds. The van der Waals surface area contributed by atoms with Crippen LogP contribution in [-0.2, 0) is 20.9 Å². The molecular weight excluding hydrogens is 432 g/mol. The molecule has 1 aromatic carbocycles. The maximum atomic E-state index is 13.5. The first-order chi connectivity index (χ1) is 16.2. The number of methoxy groups -OCH3 is 1.